The summed E-state index contributed by atoms with van der Waals surface area (Å²) in [7, 11) is 3.45. The number of carbonyl (C=O) groups excluding carboxylic acids is 2. The number of fused-ring (bicyclic) bond motifs is 7. The largest absolute Gasteiger partial charge is 0.507 e. The zero-order valence-corrected chi connectivity index (χ0v) is 83.5. The van der Waals surface area contributed by atoms with Gasteiger partial charge in [-0.15, -0.1) is 11.6 Å². The van der Waals surface area contributed by atoms with Crippen LogP contribution in [0.25, 0.3) is 77.9 Å². The molecule has 694 valence electrons. The molecule has 0 aromatic heterocycles. The number of alkyl halides is 1. The second-order valence-corrected chi connectivity index (χ2v) is 40.0. The molecule has 9 nitrogen and oxygen atoms in total. The topological polar surface area (TPSA) is 154 Å². The van der Waals surface area contributed by atoms with E-state index in [1.807, 2.05) is 118 Å². The molecule has 0 radical (unpaired) electrons. The summed E-state index contributed by atoms with van der Waals surface area (Å²) >= 11 is 6.28. The van der Waals surface area contributed by atoms with Gasteiger partial charge in [0, 0.05) is 24.0 Å². The van der Waals surface area contributed by atoms with Crippen molar-refractivity contribution < 1.29 is 44.6 Å². The summed E-state index contributed by atoms with van der Waals surface area (Å²) in [6, 6.07) is 75.3. The molecule has 5 N–H and O–H groups in total. The fourth-order valence-corrected chi connectivity index (χ4v) is 21.9. The summed E-state index contributed by atoms with van der Waals surface area (Å²) in [6.45, 7) is 37.0. The van der Waals surface area contributed by atoms with Gasteiger partial charge >= 0.3 is 0 Å². The minimum atomic E-state index is 0.173. The third-order valence-corrected chi connectivity index (χ3v) is 29.9. The Hall–Kier alpha value is -12.7. The van der Waals surface area contributed by atoms with Gasteiger partial charge in [-0.2, -0.15) is 0 Å². The summed E-state index contributed by atoms with van der Waals surface area (Å²) in [6.07, 6.45) is 15.0. The summed E-state index contributed by atoms with van der Waals surface area (Å²) in [4.78, 5) is 23.3. The van der Waals surface area contributed by atoms with Gasteiger partial charge in [-0.3, -0.25) is 9.59 Å². The highest BCUT2D eigenvalue weighted by Crippen LogP contribution is 2.46. The molecule has 0 fully saturated rings. The van der Waals surface area contributed by atoms with Crippen LogP contribution in [0.1, 0.15) is 267 Å². The van der Waals surface area contributed by atoms with Gasteiger partial charge in [-0.25, -0.2) is 0 Å². The SMILES string of the molecule is COc1c(C)cc(-c2ccc3c(c2)CCC3=O)cc1C.COc1c(C)cc(-c2ccc3c(c2)CCC3C)cc1C.Cc1cc(-c2ccc3c(c2)CCC3=O)cc(C)c1O.Cc1cc(-c2ccc3c(c2)CCC3C)cc(C)c1O.Cc1cc(-c2ccc3c(c2)CCC3Cl)cc(C)c1O.Cc1cc(-c2ccc3c(c2)CC[C@@H]3C)cc(C)c1O.Cc1cc(-c2ccc3c(c2)CC[C@H]3C)cc(C)c1O. The van der Waals surface area contributed by atoms with Crippen molar-refractivity contribution in [2.24, 2.45) is 0 Å². The molecule has 5 atom stereocenters. The number of hydrogen-bond acceptors (Lipinski definition) is 9. The molecule has 0 saturated carbocycles. The van der Waals surface area contributed by atoms with E-state index in [0.29, 0.717) is 59.3 Å². The fourth-order valence-electron chi connectivity index (χ4n) is 21.5. The number of ketones is 2. The predicted octanol–water partition coefficient (Wildman–Crippen LogP) is 32.0. The normalized spacial score (nSPS) is 16.3. The lowest BCUT2D eigenvalue weighted by Crippen LogP contribution is -1.93. The Kier molecular flexibility index (Phi) is 29.6. The summed E-state index contributed by atoms with van der Waals surface area (Å²) in [5.74, 6) is 7.30. The van der Waals surface area contributed by atoms with E-state index < -0.39 is 0 Å². The van der Waals surface area contributed by atoms with E-state index in [9.17, 15) is 35.1 Å². The quantitative estimate of drug-likeness (QED) is 0.0889. The third-order valence-electron chi connectivity index (χ3n) is 29.4. The minimum absolute atomic E-state index is 0.173. The van der Waals surface area contributed by atoms with Crippen molar-refractivity contribution in [2.45, 2.75) is 244 Å². The van der Waals surface area contributed by atoms with E-state index in [2.05, 4.69) is 219 Å². The molecule has 7 aliphatic carbocycles. The van der Waals surface area contributed by atoms with Crippen LogP contribution in [-0.4, -0.2) is 51.3 Å². The van der Waals surface area contributed by atoms with Crippen molar-refractivity contribution in [3.8, 4) is 118 Å². The third kappa shape index (κ3) is 21.2. The molecular formula is C125H133ClO9. The maximum Gasteiger partial charge on any atom is 0.163 e. The molecule has 0 amide bonds. The van der Waals surface area contributed by atoms with Gasteiger partial charge in [-0.05, 0) is 505 Å². The molecular weight excluding hydrogens is 1680 g/mol. The molecule has 3 unspecified atom stereocenters. The van der Waals surface area contributed by atoms with E-state index in [0.717, 1.165) is 143 Å². The van der Waals surface area contributed by atoms with E-state index >= 15 is 0 Å². The minimum Gasteiger partial charge on any atom is -0.507 e. The molecule has 0 saturated heterocycles. The number of aryl methyl sites for hydroxylation is 21. The average Bonchev–Trinajstić information content (AvgIpc) is 1.74. The van der Waals surface area contributed by atoms with E-state index in [4.69, 9.17) is 21.1 Å². The maximum atomic E-state index is 11.7. The lowest BCUT2D eigenvalue weighted by Gasteiger charge is -2.13. The number of halogens is 1. The number of methoxy groups -OCH3 is 2. The maximum absolute atomic E-state index is 11.7. The van der Waals surface area contributed by atoms with Crippen molar-refractivity contribution in [3.05, 3.63) is 368 Å². The van der Waals surface area contributed by atoms with E-state index in [1.165, 1.54) is 185 Å². The number of Topliss-reactive ketones (excluding diaryl/α,β-unsaturated/α-hetero) is 2. The van der Waals surface area contributed by atoms with Crippen LogP contribution in [0.2, 0.25) is 0 Å². The Balaban J connectivity index is 0.000000120. The van der Waals surface area contributed by atoms with Crippen LogP contribution in [0.4, 0.5) is 0 Å². The number of hydrogen-bond donors (Lipinski definition) is 5. The van der Waals surface area contributed by atoms with Crippen LogP contribution in [0.5, 0.6) is 40.2 Å². The van der Waals surface area contributed by atoms with Gasteiger partial charge in [0.15, 0.2) is 11.6 Å². The Morgan fingerprint density at radius 1 is 0.222 bits per heavy atom. The number of rotatable bonds is 9. The molecule has 7 aliphatic rings. The number of ether oxygens (including phenoxy) is 2. The zero-order chi connectivity index (χ0) is 96.4. The van der Waals surface area contributed by atoms with Gasteiger partial charge in [-0.1, -0.05) is 155 Å². The second kappa shape index (κ2) is 41.3. The monoisotopic (exact) mass is 1810 g/mol. The molecule has 21 rings (SSSR count). The number of aromatic hydroxyl groups is 5. The number of phenolic OH excluding ortho intramolecular Hbond substituents is 5. The Morgan fingerprint density at radius 3 is 0.630 bits per heavy atom. The summed E-state index contributed by atoms with van der Waals surface area (Å²) < 4.78 is 10.9. The molecule has 10 heteroatoms. The number of benzene rings is 14. The van der Waals surface area contributed by atoms with Crippen LogP contribution < -0.4 is 9.47 Å². The first kappa shape index (κ1) is 96.9. The molecule has 14 aromatic carbocycles. The van der Waals surface area contributed by atoms with Crippen LogP contribution in [-0.2, 0) is 44.9 Å². The van der Waals surface area contributed by atoms with Crippen molar-refractivity contribution >= 4 is 23.2 Å². The van der Waals surface area contributed by atoms with Gasteiger partial charge in [0.1, 0.15) is 40.2 Å². The molecule has 14 aromatic rings. The molecule has 0 bridgehead atoms. The lowest BCUT2D eigenvalue weighted by atomic mass is 9.95. The Morgan fingerprint density at radius 2 is 0.407 bits per heavy atom. The van der Waals surface area contributed by atoms with Crippen LogP contribution in [0.15, 0.2) is 212 Å². The smallest absolute Gasteiger partial charge is 0.163 e. The van der Waals surface area contributed by atoms with Gasteiger partial charge < -0.3 is 35.0 Å². The van der Waals surface area contributed by atoms with Gasteiger partial charge in [0.05, 0.1) is 19.6 Å². The summed E-state index contributed by atoms with van der Waals surface area (Å²) in [5.41, 5.74) is 49.7. The highest BCUT2D eigenvalue weighted by atomic mass is 35.5. The second-order valence-electron chi connectivity index (χ2n) is 39.5. The van der Waals surface area contributed by atoms with Crippen molar-refractivity contribution in [3.63, 3.8) is 0 Å². The number of phenols is 5. The standard InChI is InChI=1S/C19H22O.C18H18O2.3C18H20O.C17H17ClO.C17H16O2/c1-12-5-6-16-11-15(7-8-18(12)16)17-9-13(2)19(20-4)14(3)10-17;1-11-8-15(9-12(2)18(11)20-3)13-4-6-16-14(10-13)5-7-17(16)19;3*1-11-4-5-15-10-14(6-7-17(11)15)16-8-12(2)18(19)13(3)9-16;2*1-10-7-14(8-11(2)17(10)19)12-3-5-15-13(9-12)4-6-16(15)18/h7-12H,5-6H2,1-4H3;4,6,8-10H,5,7H2,1-3H3;3*6-11,19H,4-5H2,1-3H3;3,5,7-9,16,19H,4,6H2,1-2H3;3,5,7-9,19H,4,6H2,1-2H3/t;;2*11-;;;/m..10.../s1. The van der Waals surface area contributed by atoms with Crippen LogP contribution in [0.3, 0.4) is 0 Å². The van der Waals surface area contributed by atoms with Crippen LogP contribution in [0, 0.1) is 96.9 Å². The first-order valence-electron chi connectivity index (χ1n) is 48.4. The molecule has 0 aliphatic heterocycles. The first-order valence-corrected chi connectivity index (χ1v) is 48.9. The van der Waals surface area contributed by atoms with Crippen molar-refractivity contribution in [1.82, 2.24) is 0 Å². The van der Waals surface area contributed by atoms with Gasteiger partial charge in [0.25, 0.3) is 0 Å². The first-order chi connectivity index (χ1) is 64.5. The average molecular weight is 1810 g/mol. The summed E-state index contributed by atoms with van der Waals surface area (Å²) in [5, 5.41) is 49.4. The molecule has 0 heterocycles. The van der Waals surface area contributed by atoms with Crippen molar-refractivity contribution in [1.29, 1.82) is 0 Å². The zero-order valence-electron chi connectivity index (χ0n) is 82.7. The Bertz CT molecular complexity index is 6290. The molecule has 0 spiro atoms. The fraction of sp³-hybridized carbons (Fsp3) is 0.312. The lowest BCUT2D eigenvalue weighted by molar-refractivity contribution is 0.0986. The Labute approximate surface area is 806 Å². The van der Waals surface area contributed by atoms with Crippen LogP contribution >= 0.6 is 11.6 Å². The predicted molar refractivity (Wildman–Crippen MR) is 560 cm³/mol. The van der Waals surface area contributed by atoms with Gasteiger partial charge in [0.2, 0.25) is 0 Å². The highest BCUT2D eigenvalue weighted by molar-refractivity contribution is 6.21. The van der Waals surface area contributed by atoms with E-state index in [-0.39, 0.29) is 16.9 Å². The van der Waals surface area contributed by atoms with E-state index in [1.54, 1.807) is 14.2 Å². The molecule has 135 heavy (non-hydrogen) atoms. The number of carbonyl (C=O) groups is 2. The highest BCUT2D eigenvalue weighted by Gasteiger charge is 2.28. The van der Waals surface area contributed by atoms with Crippen molar-refractivity contribution in [2.75, 3.05) is 14.2 Å².